The first kappa shape index (κ1) is 27.1. The second kappa shape index (κ2) is 10.6. The minimum atomic E-state index is -0.961. The van der Waals surface area contributed by atoms with Crippen molar-refractivity contribution in [3.63, 3.8) is 0 Å². The van der Waals surface area contributed by atoms with Gasteiger partial charge in [-0.05, 0) is 100 Å². The molecule has 0 radical (unpaired) electrons. The monoisotopic (exact) mass is 674 g/mol. The first-order chi connectivity index (χ1) is 18.1. The molecule has 0 amide bonds. The molecule has 7 heteroatoms. The van der Waals surface area contributed by atoms with E-state index >= 15 is 0 Å². The molecule has 5 rings (SSSR count). The van der Waals surface area contributed by atoms with E-state index in [9.17, 15) is 13.9 Å². The minimum Gasteiger partial charge on any atom is -0.508 e. The summed E-state index contributed by atoms with van der Waals surface area (Å²) < 4.78 is 27.9. The van der Waals surface area contributed by atoms with Crippen molar-refractivity contribution >= 4 is 71.8 Å². The lowest BCUT2D eigenvalue weighted by atomic mass is 9.70. The molecular weight excluding hydrogens is 657 g/mol. The van der Waals surface area contributed by atoms with Crippen LogP contribution < -0.4 is 0 Å². The van der Waals surface area contributed by atoms with Crippen LogP contribution in [-0.4, -0.2) is 8.34 Å². The fourth-order valence-electron chi connectivity index (χ4n) is 5.11. The summed E-state index contributed by atoms with van der Waals surface area (Å²) in [6.07, 6.45) is 0. The summed E-state index contributed by atoms with van der Waals surface area (Å²) in [6.45, 7) is 1.99. The predicted octanol–water partition coefficient (Wildman–Crippen LogP) is 10.6. The Balaban J connectivity index is 1.93. The Labute approximate surface area is 246 Å². The number of hydrogen-bond acceptors (Lipinski definition) is 1. The number of rotatable bonds is 4. The topological polar surface area (TPSA) is 20.2 Å². The fraction of sp³-hybridized carbons (Fsp3) is 0.0968. The van der Waals surface area contributed by atoms with Gasteiger partial charge in [0.05, 0.1) is 5.02 Å². The summed E-state index contributed by atoms with van der Waals surface area (Å²) in [5.41, 5.74) is 6.58. The molecule has 0 saturated heterocycles. The van der Waals surface area contributed by atoms with Crippen LogP contribution in [0.25, 0.3) is 16.7 Å². The van der Waals surface area contributed by atoms with Crippen molar-refractivity contribution in [1.29, 1.82) is 0 Å². The Bertz CT molecular complexity index is 1610. The Morgan fingerprint density at radius 1 is 0.789 bits per heavy atom. The van der Waals surface area contributed by atoms with E-state index in [0.717, 1.165) is 39.0 Å². The van der Waals surface area contributed by atoms with E-state index in [1.54, 1.807) is 36.4 Å². The Hall–Kier alpha value is -2.44. The molecule has 4 aromatic carbocycles. The van der Waals surface area contributed by atoms with Crippen LogP contribution in [0, 0.1) is 11.6 Å². The van der Waals surface area contributed by atoms with Crippen LogP contribution in [-0.2, 0) is 0 Å². The molecule has 1 unspecified atom stereocenters. The van der Waals surface area contributed by atoms with Gasteiger partial charge in [0.25, 0.3) is 0 Å². The van der Waals surface area contributed by atoms with E-state index in [4.69, 9.17) is 23.2 Å². The molecular formula is C31H20Br2Cl2F2O. The van der Waals surface area contributed by atoms with Gasteiger partial charge >= 0.3 is 0 Å². The highest BCUT2D eigenvalue weighted by Crippen LogP contribution is 2.63. The molecule has 1 aliphatic rings. The van der Waals surface area contributed by atoms with E-state index in [0.29, 0.717) is 10.6 Å². The summed E-state index contributed by atoms with van der Waals surface area (Å²) >= 11 is 20.7. The van der Waals surface area contributed by atoms with Crippen molar-refractivity contribution in [2.45, 2.75) is 16.1 Å². The number of hydrogen-bond donors (Lipinski definition) is 1. The molecule has 0 aromatic heterocycles. The third-order valence-corrected chi connectivity index (χ3v) is 8.93. The first-order valence-electron chi connectivity index (χ1n) is 11.7. The SMILES string of the molecule is CC1=C(c2cccc(F)c2)C(c2ccc(F)c(Cl)c2)C(Br)(Br)C(c2ccc(O)cc2)=C1c1cccc(Cl)c1. The largest absolute Gasteiger partial charge is 0.508 e. The summed E-state index contributed by atoms with van der Waals surface area (Å²) in [4.78, 5) is 0. The zero-order chi connectivity index (χ0) is 27.2. The predicted molar refractivity (Wildman–Crippen MR) is 160 cm³/mol. The molecule has 1 nitrogen and oxygen atoms in total. The highest BCUT2D eigenvalue weighted by atomic mass is 79.9. The van der Waals surface area contributed by atoms with Crippen molar-refractivity contribution < 1.29 is 13.9 Å². The number of alkyl halides is 2. The normalized spacial score (nSPS) is 17.2. The van der Waals surface area contributed by atoms with Crippen LogP contribution in [0.4, 0.5) is 8.78 Å². The highest BCUT2D eigenvalue weighted by Gasteiger charge is 2.47. The number of aromatic hydroxyl groups is 1. The molecule has 0 aliphatic heterocycles. The van der Waals surface area contributed by atoms with Crippen LogP contribution >= 0.6 is 55.1 Å². The molecule has 1 atom stereocenters. The van der Waals surface area contributed by atoms with Crippen molar-refractivity contribution in [3.8, 4) is 5.75 Å². The summed E-state index contributed by atoms with van der Waals surface area (Å²) in [5.74, 6) is -1.22. The van der Waals surface area contributed by atoms with Crippen molar-refractivity contribution in [2.75, 3.05) is 0 Å². The van der Waals surface area contributed by atoms with Gasteiger partial charge in [-0.3, -0.25) is 0 Å². The lowest BCUT2D eigenvalue weighted by molar-refractivity contribution is 0.475. The van der Waals surface area contributed by atoms with Gasteiger partial charge in [-0.1, -0.05) is 97.5 Å². The maximum absolute atomic E-state index is 14.6. The number of allylic oxidation sites excluding steroid dienone is 4. The molecule has 0 spiro atoms. The third kappa shape index (κ3) is 4.98. The van der Waals surface area contributed by atoms with Crippen LogP contribution in [0.5, 0.6) is 5.75 Å². The molecule has 0 fully saturated rings. The third-order valence-electron chi connectivity index (χ3n) is 6.70. The molecule has 0 heterocycles. The molecule has 0 saturated carbocycles. The maximum Gasteiger partial charge on any atom is 0.141 e. The number of phenolic OH excluding ortho intramolecular Hbond substituents is 1. The minimum absolute atomic E-state index is 0.00894. The molecule has 38 heavy (non-hydrogen) atoms. The van der Waals surface area contributed by atoms with Gasteiger partial charge in [-0.25, -0.2) is 8.78 Å². The summed E-state index contributed by atoms with van der Waals surface area (Å²) in [6, 6.07) is 25.5. The molecule has 192 valence electrons. The zero-order valence-corrected chi connectivity index (χ0v) is 24.6. The smallest absolute Gasteiger partial charge is 0.141 e. The lowest BCUT2D eigenvalue weighted by Gasteiger charge is -2.42. The average Bonchev–Trinajstić information content (AvgIpc) is 2.87. The van der Waals surface area contributed by atoms with Crippen LogP contribution in [0.1, 0.15) is 35.1 Å². The Kier molecular flexibility index (Phi) is 7.58. The quantitative estimate of drug-likeness (QED) is 0.213. The van der Waals surface area contributed by atoms with Gasteiger partial charge in [0, 0.05) is 10.9 Å². The standard InChI is InChI=1S/C31H20Br2Cl2F2O/c1-17-27(19-4-2-6-22(34)14-19)29(18-8-11-24(38)12-9-18)31(32,33)30(21-10-13-26(37)25(35)16-21)28(17)20-5-3-7-23(36)15-20/h2-16,30,38H,1H3. The van der Waals surface area contributed by atoms with Crippen LogP contribution in [0.3, 0.4) is 0 Å². The fourth-order valence-corrected chi connectivity index (χ4v) is 7.33. The average molecular weight is 677 g/mol. The number of phenols is 1. The zero-order valence-electron chi connectivity index (χ0n) is 20.0. The second-order valence-corrected chi connectivity index (χ2v) is 13.5. The van der Waals surface area contributed by atoms with Gasteiger partial charge < -0.3 is 5.11 Å². The lowest BCUT2D eigenvalue weighted by Crippen LogP contribution is -2.31. The summed E-state index contributed by atoms with van der Waals surface area (Å²) in [7, 11) is 0. The molecule has 4 aromatic rings. The first-order valence-corrected chi connectivity index (χ1v) is 14.0. The molecule has 0 bridgehead atoms. The number of halogens is 6. The van der Waals surface area contributed by atoms with Gasteiger partial charge in [-0.2, -0.15) is 0 Å². The number of benzene rings is 4. The van der Waals surface area contributed by atoms with Gasteiger partial charge in [0.15, 0.2) is 0 Å². The van der Waals surface area contributed by atoms with Crippen LogP contribution in [0.15, 0.2) is 96.6 Å². The van der Waals surface area contributed by atoms with Crippen molar-refractivity contribution in [1.82, 2.24) is 0 Å². The Morgan fingerprint density at radius 3 is 2.13 bits per heavy atom. The van der Waals surface area contributed by atoms with Crippen molar-refractivity contribution in [3.05, 3.63) is 141 Å². The highest BCUT2D eigenvalue weighted by molar-refractivity contribution is 9.25. The van der Waals surface area contributed by atoms with E-state index < -0.39 is 15.0 Å². The van der Waals surface area contributed by atoms with E-state index in [2.05, 4.69) is 31.9 Å². The van der Waals surface area contributed by atoms with Gasteiger partial charge in [-0.15, -0.1) is 0 Å². The summed E-state index contributed by atoms with van der Waals surface area (Å²) in [5, 5.41) is 10.6. The van der Waals surface area contributed by atoms with Gasteiger partial charge in [0.2, 0.25) is 0 Å². The van der Waals surface area contributed by atoms with E-state index in [1.807, 2.05) is 43.3 Å². The Morgan fingerprint density at radius 2 is 1.47 bits per heavy atom. The van der Waals surface area contributed by atoms with E-state index in [1.165, 1.54) is 18.2 Å². The molecule has 1 aliphatic carbocycles. The van der Waals surface area contributed by atoms with Crippen molar-refractivity contribution in [2.24, 2.45) is 0 Å². The molecule has 1 N–H and O–H groups in total. The van der Waals surface area contributed by atoms with E-state index in [-0.39, 0.29) is 16.6 Å². The maximum atomic E-state index is 14.6. The van der Waals surface area contributed by atoms with Gasteiger partial charge in [0.1, 0.15) is 20.6 Å². The second-order valence-electron chi connectivity index (χ2n) is 9.09. The van der Waals surface area contributed by atoms with Crippen LogP contribution in [0.2, 0.25) is 10.0 Å².